The number of sulfonamides is 1. The predicted octanol–water partition coefficient (Wildman–Crippen LogP) is 0.121. The van der Waals surface area contributed by atoms with Crippen molar-refractivity contribution in [1.29, 1.82) is 0 Å². The Morgan fingerprint density at radius 2 is 1.91 bits per heavy atom. The summed E-state index contributed by atoms with van der Waals surface area (Å²) in [4.78, 5) is 39.0. The van der Waals surface area contributed by atoms with Crippen molar-refractivity contribution in [2.24, 2.45) is 17.3 Å². The number of aromatic nitrogens is 2. The standard InChI is InChI=1S/C21H24N4O6S/c1-20(4-5-20)23-32(29,30)14-2-3-16-15(6-14)17(26)25(22-18(27)21-7-13(21)8-21)19(28)24(16)9-12-10-31-11-12/h2-3,6,12-13,23H,4-5,7-11H2,1H3,(H,22,27). The number of hydrogen-bond acceptors (Lipinski definition) is 6. The molecule has 3 aliphatic carbocycles. The molecule has 2 N–H and O–H groups in total. The summed E-state index contributed by atoms with van der Waals surface area (Å²) >= 11 is 0. The SMILES string of the molecule is CC1(NS(=O)(=O)c2ccc3c(c2)c(=O)n(NC(=O)C24CC2C4)c(=O)n3CC2COC2)CC1. The number of carbonyl (C=O) groups is 1. The molecular weight excluding hydrogens is 436 g/mol. The maximum absolute atomic E-state index is 13.2. The van der Waals surface area contributed by atoms with Crippen LogP contribution in [0.25, 0.3) is 10.9 Å². The summed E-state index contributed by atoms with van der Waals surface area (Å²) < 4.78 is 35.8. The van der Waals surface area contributed by atoms with Gasteiger partial charge in [0.15, 0.2) is 0 Å². The smallest absolute Gasteiger partial charge is 0.350 e. The number of carbonyl (C=O) groups excluding carboxylic acids is 1. The van der Waals surface area contributed by atoms with Crippen molar-refractivity contribution < 1.29 is 17.9 Å². The number of nitrogens with zero attached hydrogens (tertiary/aromatic N) is 2. The van der Waals surface area contributed by atoms with E-state index in [1.807, 2.05) is 6.92 Å². The summed E-state index contributed by atoms with van der Waals surface area (Å²) in [5, 5.41) is 0.0645. The van der Waals surface area contributed by atoms with Gasteiger partial charge in [0.25, 0.3) is 5.56 Å². The van der Waals surface area contributed by atoms with Crippen LogP contribution in [0.1, 0.15) is 32.6 Å². The molecule has 1 aliphatic heterocycles. The van der Waals surface area contributed by atoms with Crippen molar-refractivity contribution in [3.8, 4) is 0 Å². The second kappa shape index (κ2) is 6.30. The number of ether oxygens (including phenoxy) is 1. The van der Waals surface area contributed by atoms with Crippen LogP contribution in [-0.2, 0) is 26.1 Å². The van der Waals surface area contributed by atoms with Gasteiger partial charge in [0.1, 0.15) is 0 Å². The van der Waals surface area contributed by atoms with E-state index in [2.05, 4.69) is 10.1 Å². The van der Waals surface area contributed by atoms with E-state index in [1.165, 1.54) is 22.8 Å². The molecule has 10 nitrogen and oxygen atoms in total. The van der Waals surface area contributed by atoms with Crippen molar-refractivity contribution in [3.05, 3.63) is 39.0 Å². The molecule has 170 valence electrons. The molecule has 1 amide bonds. The first-order valence-corrected chi connectivity index (χ1v) is 12.3. The highest BCUT2D eigenvalue weighted by atomic mass is 32.2. The lowest BCUT2D eigenvalue weighted by Gasteiger charge is -2.27. The topological polar surface area (TPSA) is 128 Å². The molecule has 2 aromatic rings. The maximum Gasteiger partial charge on any atom is 0.350 e. The van der Waals surface area contributed by atoms with Gasteiger partial charge in [-0.05, 0) is 56.7 Å². The molecule has 0 atom stereocenters. The Balaban J connectivity index is 1.47. The minimum atomic E-state index is -3.84. The first-order chi connectivity index (χ1) is 15.1. The summed E-state index contributed by atoms with van der Waals surface area (Å²) in [5.74, 6) is 0.124. The summed E-state index contributed by atoms with van der Waals surface area (Å²) in [6, 6.07) is 4.19. The highest BCUT2D eigenvalue weighted by molar-refractivity contribution is 7.89. The Morgan fingerprint density at radius 1 is 1.22 bits per heavy atom. The largest absolute Gasteiger partial charge is 0.381 e. The van der Waals surface area contributed by atoms with Gasteiger partial charge in [-0.25, -0.2) is 17.9 Å². The summed E-state index contributed by atoms with van der Waals surface area (Å²) in [6.07, 6.45) is 3.07. The molecule has 0 unspecified atom stereocenters. The lowest BCUT2D eigenvalue weighted by molar-refractivity contribution is -0.120. The molecule has 4 fully saturated rings. The minimum absolute atomic E-state index is 0.0479. The van der Waals surface area contributed by atoms with Crippen molar-refractivity contribution in [2.45, 2.75) is 49.6 Å². The van der Waals surface area contributed by atoms with Crippen molar-refractivity contribution >= 4 is 26.8 Å². The average Bonchev–Trinajstić information content (AvgIpc) is 3.60. The minimum Gasteiger partial charge on any atom is -0.381 e. The highest BCUT2D eigenvalue weighted by Gasteiger charge is 2.74. The predicted molar refractivity (Wildman–Crippen MR) is 114 cm³/mol. The Hall–Kier alpha value is -2.50. The van der Waals surface area contributed by atoms with Gasteiger partial charge in [0.2, 0.25) is 15.9 Å². The third-order valence-corrected chi connectivity index (χ3v) is 8.94. The van der Waals surface area contributed by atoms with Crippen LogP contribution < -0.4 is 21.4 Å². The molecule has 32 heavy (non-hydrogen) atoms. The number of benzene rings is 1. The molecule has 0 spiro atoms. The van der Waals surface area contributed by atoms with Gasteiger partial charge >= 0.3 is 5.69 Å². The monoisotopic (exact) mass is 460 g/mol. The Labute approximate surface area is 183 Å². The molecule has 11 heteroatoms. The molecule has 6 rings (SSSR count). The van der Waals surface area contributed by atoms with Crippen LogP contribution in [0.3, 0.4) is 0 Å². The van der Waals surface area contributed by atoms with Gasteiger partial charge in [0, 0.05) is 18.0 Å². The van der Waals surface area contributed by atoms with Gasteiger partial charge in [-0.15, -0.1) is 0 Å². The van der Waals surface area contributed by atoms with Crippen LogP contribution in [0.4, 0.5) is 0 Å². The van der Waals surface area contributed by atoms with Crippen LogP contribution in [-0.4, -0.2) is 42.3 Å². The van der Waals surface area contributed by atoms with Gasteiger partial charge in [-0.1, -0.05) is 0 Å². The summed E-state index contributed by atoms with van der Waals surface area (Å²) in [6.45, 7) is 3.13. The van der Waals surface area contributed by atoms with Crippen molar-refractivity contribution in [2.75, 3.05) is 18.6 Å². The lowest BCUT2D eigenvalue weighted by Crippen LogP contribution is -2.49. The van der Waals surface area contributed by atoms with Crippen LogP contribution in [0.15, 0.2) is 32.7 Å². The fourth-order valence-electron chi connectivity index (χ4n) is 4.40. The van der Waals surface area contributed by atoms with Crippen molar-refractivity contribution in [3.63, 3.8) is 0 Å². The van der Waals surface area contributed by atoms with Gasteiger partial charge in [-0.3, -0.25) is 19.6 Å². The molecule has 4 aliphatic rings. The Bertz CT molecular complexity index is 1390. The lowest BCUT2D eigenvalue weighted by atomic mass is 10.1. The van der Waals surface area contributed by atoms with E-state index in [1.54, 1.807) is 0 Å². The zero-order valence-electron chi connectivity index (χ0n) is 17.6. The fourth-order valence-corrected chi connectivity index (χ4v) is 5.89. The number of rotatable bonds is 7. The molecule has 0 bridgehead atoms. The quantitative estimate of drug-likeness (QED) is 0.604. The fraction of sp³-hybridized carbons (Fsp3) is 0.571. The molecule has 2 heterocycles. The Kier molecular flexibility index (Phi) is 3.96. The van der Waals surface area contributed by atoms with E-state index in [0.29, 0.717) is 31.2 Å². The normalized spacial score (nSPS) is 27.5. The molecule has 3 saturated carbocycles. The maximum atomic E-state index is 13.2. The average molecular weight is 461 g/mol. The Morgan fingerprint density at radius 3 is 2.47 bits per heavy atom. The third kappa shape index (κ3) is 3.06. The van der Waals surface area contributed by atoms with Crippen molar-refractivity contribution in [1.82, 2.24) is 14.0 Å². The zero-order valence-corrected chi connectivity index (χ0v) is 18.4. The summed E-state index contributed by atoms with van der Waals surface area (Å²) in [5.41, 5.74) is 0.576. The number of hydrogen-bond donors (Lipinski definition) is 2. The first kappa shape index (κ1) is 20.1. The number of amides is 1. The summed E-state index contributed by atoms with van der Waals surface area (Å²) in [7, 11) is -3.84. The molecule has 1 saturated heterocycles. The zero-order chi connectivity index (χ0) is 22.5. The third-order valence-electron chi connectivity index (χ3n) is 7.30. The van der Waals surface area contributed by atoms with Gasteiger partial charge < -0.3 is 4.74 Å². The number of nitrogens with one attached hydrogen (secondary N) is 2. The van der Waals surface area contributed by atoms with Gasteiger partial charge in [0.05, 0.1) is 34.4 Å². The molecular formula is C21H24N4O6S. The van der Waals surface area contributed by atoms with Crippen LogP contribution in [0.2, 0.25) is 0 Å². The molecule has 0 radical (unpaired) electrons. The second-order valence-electron chi connectivity index (χ2n) is 9.98. The van der Waals surface area contributed by atoms with E-state index in [-0.39, 0.29) is 22.1 Å². The molecule has 1 aromatic carbocycles. The van der Waals surface area contributed by atoms with E-state index in [0.717, 1.165) is 30.4 Å². The first-order valence-electron chi connectivity index (χ1n) is 10.8. The van der Waals surface area contributed by atoms with E-state index in [4.69, 9.17) is 4.74 Å². The number of fused-ring (bicyclic) bond motifs is 2. The van der Waals surface area contributed by atoms with Crippen LogP contribution >= 0.6 is 0 Å². The molecule has 1 aromatic heterocycles. The second-order valence-corrected chi connectivity index (χ2v) is 11.7. The highest BCUT2D eigenvalue weighted by Crippen LogP contribution is 2.75. The van der Waals surface area contributed by atoms with Crippen LogP contribution in [0, 0.1) is 17.3 Å². The van der Waals surface area contributed by atoms with E-state index < -0.39 is 32.2 Å². The van der Waals surface area contributed by atoms with Gasteiger partial charge in [-0.2, -0.15) is 4.68 Å². The van der Waals surface area contributed by atoms with E-state index in [9.17, 15) is 22.8 Å². The van der Waals surface area contributed by atoms with Crippen LogP contribution in [0.5, 0.6) is 0 Å². The van der Waals surface area contributed by atoms with E-state index >= 15 is 0 Å².